The van der Waals surface area contributed by atoms with Gasteiger partial charge in [-0.2, -0.15) is 0 Å². The molecule has 2 aromatic carbocycles. The number of furan rings is 1. The summed E-state index contributed by atoms with van der Waals surface area (Å²) >= 11 is 0. The van der Waals surface area contributed by atoms with Crippen LogP contribution in [0.15, 0.2) is 46.9 Å². The summed E-state index contributed by atoms with van der Waals surface area (Å²) in [6, 6.07) is 11.3. The van der Waals surface area contributed by atoms with Crippen molar-refractivity contribution >= 4 is 16.8 Å². The number of benzene rings is 2. The Morgan fingerprint density at radius 2 is 1.91 bits per heavy atom. The number of aryl methyl sites for hydroxylation is 1. The van der Waals surface area contributed by atoms with Gasteiger partial charge >= 0.3 is 0 Å². The van der Waals surface area contributed by atoms with Gasteiger partial charge in [-0.15, -0.1) is 0 Å². The number of ketones is 1. The Bertz CT molecular complexity index is 831. The first-order valence-electron chi connectivity index (χ1n) is 7.04. The lowest BCUT2D eigenvalue weighted by atomic mass is 9.99. The number of fused-ring (bicyclic) bond motifs is 1. The minimum absolute atomic E-state index is 0.247. The summed E-state index contributed by atoms with van der Waals surface area (Å²) in [6.07, 6.45) is 0.519. The van der Waals surface area contributed by atoms with Crippen molar-refractivity contribution in [2.45, 2.75) is 13.3 Å². The van der Waals surface area contributed by atoms with Crippen LogP contribution in [0, 0.1) is 5.82 Å². The molecule has 1 heterocycles. The summed E-state index contributed by atoms with van der Waals surface area (Å²) in [7, 11) is 1.56. The Kier molecular flexibility index (Phi) is 3.67. The van der Waals surface area contributed by atoms with Crippen LogP contribution in [-0.2, 0) is 6.42 Å². The Hall–Kier alpha value is -2.62. The van der Waals surface area contributed by atoms with Gasteiger partial charge in [0.05, 0.1) is 18.1 Å². The molecule has 0 amide bonds. The predicted molar refractivity (Wildman–Crippen MR) is 82.0 cm³/mol. The van der Waals surface area contributed by atoms with E-state index in [9.17, 15) is 9.18 Å². The van der Waals surface area contributed by atoms with Gasteiger partial charge in [0.2, 0.25) is 0 Å². The number of hydrogen-bond acceptors (Lipinski definition) is 3. The van der Waals surface area contributed by atoms with E-state index in [1.807, 2.05) is 6.92 Å². The molecule has 3 aromatic rings. The van der Waals surface area contributed by atoms with Crippen molar-refractivity contribution in [1.29, 1.82) is 0 Å². The van der Waals surface area contributed by atoms with Gasteiger partial charge in [0.25, 0.3) is 0 Å². The highest BCUT2D eigenvalue weighted by atomic mass is 19.1. The molecule has 1 aromatic heterocycles. The topological polar surface area (TPSA) is 39.4 Å². The second-order valence-corrected chi connectivity index (χ2v) is 4.92. The molecule has 0 aliphatic heterocycles. The van der Waals surface area contributed by atoms with Gasteiger partial charge in [-0.3, -0.25) is 4.79 Å². The number of ether oxygens (including phenoxy) is 1. The van der Waals surface area contributed by atoms with E-state index in [0.717, 1.165) is 0 Å². The molecule has 0 bridgehead atoms. The molecule has 0 spiro atoms. The quantitative estimate of drug-likeness (QED) is 0.671. The molecule has 112 valence electrons. The monoisotopic (exact) mass is 298 g/mol. The Labute approximate surface area is 127 Å². The number of halogens is 1. The van der Waals surface area contributed by atoms with Crippen LogP contribution < -0.4 is 4.74 Å². The molecule has 0 saturated carbocycles. The minimum Gasteiger partial charge on any atom is -0.497 e. The van der Waals surface area contributed by atoms with Gasteiger partial charge in [0.15, 0.2) is 5.78 Å². The summed E-state index contributed by atoms with van der Waals surface area (Å²) in [5, 5.41) is 0.250. The summed E-state index contributed by atoms with van der Waals surface area (Å²) in [5.41, 5.74) is 1.18. The van der Waals surface area contributed by atoms with Crippen LogP contribution in [-0.4, -0.2) is 12.9 Å². The first kappa shape index (κ1) is 14.3. The molecule has 0 N–H and O–H groups in total. The van der Waals surface area contributed by atoms with E-state index in [1.165, 1.54) is 6.07 Å². The van der Waals surface area contributed by atoms with Crippen LogP contribution in [0.2, 0.25) is 0 Å². The molecule has 22 heavy (non-hydrogen) atoms. The smallest absolute Gasteiger partial charge is 0.197 e. The zero-order chi connectivity index (χ0) is 15.7. The fourth-order valence-corrected chi connectivity index (χ4v) is 2.53. The maximum Gasteiger partial charge on any atom is 0.197 e. The highest BCUT2D eigenvalue weighted by molar-refractivity contribution is 6.17. The van der Waals surface area contributed by atoms with Gasteiger partial charge in [0, 0.05) is 12.0 Å². The van der Waals surface area contributed by atoms with E-state index >= 15 is 0 Å². The second kappa shape index (κ2) is 5.64. The third-order valence-corrected chi connectivity index (χ3v) is 3.64. The largest absolute Gasteiger partial charge is 0.497 e. The molecule has 0 atom stereocenters. The van der Waals surface area contributed by atoms with Crippen molar-refractivity contribution in [2.75, 3.05) is 7.11 Å². The summed E-state index contributed by atoms with van der Waals surface area (Å²) in [4.78, 5) is 12.8. The van der Waals surface area contributed by atoms with E-state index in [1.54, 1.807) is 43.5 Å². The molecule has 3 rings (SSSR count). The second-order valence-electron chi connectivity index (χ2n) is 4.92. The van der Waals surface area contributed by atoms with Crippen LogP contribution in [0.25, 0.3) is 11.0 Å². The third kappa shape index (κ3) is 2.26. The van der Waals surface area contributed by atoms with Crippen LogP contribution in [0.1, 0.15) is 28.6 Å². The molecule has 0 unspecified atom stereocenters. The predicted octanol–water partition coefficient (Wildman–Crippen LogP) is 4.37. The maximum absolute atomic E-state index is 14.2. The van der Waals surface area contributed by atoms with Crippen LogP contribution >= 0.6 is 0 Å². The lowest BCUT2D eigenvalue weighted by molar-refractivity contribution is 0.103. The highest BCUT2D eigenvalue weighted by Crippen LogP contribution is 2.31. The molecular weight excluding hydrogens is 283 g/mol. The fourth-order valence-electron chi connectivity index (χ4n) is 2.53. The van der Waals surface area contributed by atoms with E-state index in [2.05, 4.69) is 0 Å². The summed E-state index contributed by atoms with van der Waals surface area (Å²) < 4.78 is 24.9. The maximum atomic E-state index is 14.2. The van der Waals surface area contributed by atoms with Gasteiger partial charge in [0.1, 0.15) is 22.9 Å². The highest BCUT2D eigenvalue weighted by Gasteiger charge is 2.23. The molecular formula is C18H15FO3. The fraction of sp³-hybridized carbons (Fsp3) is 0.167. The zero-order valence-electron chi connectivity index (χ0n) is 12.4. The van der Waals surface area contributed by atoms with Crippen molar-refractivity contribution in [3.63, 3.8) is 0 Å². The van der Waals surface area contributed by atoms with Crippen molar-refractivity contribution in [2.24, 2.45) is 0 Å². The molecule has 0 radical (unpaired) electrons. The Morgan fingerprint density at radius 1 is 1.18 bits per heavy atom. The molecule has 0 fully saturated rings. The average Bonchev–Trinajstić information content (AvgIpc) is 2.94. The van der Waals surface area contributed by atoms with Crippen LogP contribution in [0.4, 0.5) is 4.39 Å². The van der Waals surface area contributed by atoms with Crippen LogP contribution in [0.3, 0.4) is 0 Å². The van der Waals surface area contributed by atoms with Crippen molar-refractivity contribution in [1.82, 2.24) is 0 Å². The van der Waals surface area contributed by atoms with E-state index in [0.29, 0.717) is 34.6 Å². The van der Waals surface area contributed by atoms with Crippen molar-refractivity contribution in [3.8, 4) is 5.75 Å². The van der Waals surface area contributed by atoms with E-state index in [-0.39, 0.29) is 11.2 Å². The number of methoxy groups -OCH3 is 1. The SMILES string of the molecule is CCc1oc2cccc(F)c2c1C(=O)c1ccc(OC)cc1. The molecule has 0 aliphatic carbocycles. The lowest BCUT2D eigenvalue weighted by Crippen LogP contribution is -2.04. The number of rotatable bonds is 4. The van der Waals surface area contributed by atoms with E-state index < -0.39 is 5.82 Å². The minimum atomic E-state index is -0.446. The zero-order valence-corrected chi connectivity index (χ0v) is 12.4. The first-order valence-corrected chi connectivity index (χ1v) is 7.04. The summed E-state index contributed by atoms with van der Waals surface area (Å²) in [5.74, 6) is 0.470. The average molecular weight is 298 g/mol. The lowest BCUT2D eigenvalue weighted by Gasteiger charge is -2.04. The van der Waals surface area contributed by atoms with Gasteiger partial charge < -0.3 is 9.15 Å². The molecule has 3 nitrogen and oxygen atoms in total. The summed E-state index contributed by atoms with van der Waals surface area (Å²) in [6.45, 7) is 1.88. The van der Waals surface area contributed by atoms with Gasteiger partial charge in [-0.05, 0) is 36.4 Å². The number of carbonyl (C=O) groups is 1. The Morgan fingerprint density at radius 3 is 2.55 bits per heavy atom. The van der Waals surface area contributed by atoms with Crippen molar-refractivity contribution in [3.05, 3.63) is 65.2 Å². The standard InChI is InChI=1S/C18H15FO3/c1-3-14-17(16-13(19)5-4-6-15(16)22-14)18(20)11-7-9-12(21-2)10-8-11/h4-10H,3H2,1-2H3. The van der Waals surface area contributed by atoms with Crippen molar-refractivity contribution < 1.29 is 18.3 Å². The number of carbonyl (C=O) groups excluding carboxylic acids is 1. The molecule has 0 saturated heterocycles. The van der Waals surface area contributed by atoms with Crippen LogP contribution in [0.5, 0.6) is 5.75 Å². The Balaban J connectivity index is 2.17. The molecule has 0 aliphatic rings. The normalized spacial score (nSPS) is 10.9. The third-order valence-electron chi connectivity index (χ3n) is 3.64. The number of hydrogen-bond donors (Lipinski definition) is 0. The van der Waals surface area contributed by atoms with Gasteiger partial charge in [-0.25, -0.2) is 4.39 Å². The van der Waals surface area contributed by atoms with E-state index in [4.69, 9.17) is 9.15 Å². The first-order chi connectivity index (χ1) is 10.7. The van der Waals surface area contributed by atoms with Gasteiger partial charge in [-0.1, -0.05) is 13.0 Å². The molecule has 4 heteroatoms.